The third-order valence-corrected chi connectivity index (χ3v) is 6.99. The standard InChI is InChI=1S/C25H32N4O2/c1-19-5-8-24(26-16-19)31-23-7-6-21-17-27(10-9-20(21)15-23)18-25(30)29-13-11-28(12-14-29)22-3-2-4-22/h5-8,15-16,22H,2-4,9-14,17-18H2,1H3. The predicted molar refractivity (Wildman–Crippen MR) is 120 cm³/mol. The molecule has 1 saturated heterocycles. The van der Waals surface area contributed by atoms with Gasteiger partial charge < -0.3 is 9.64 Å². The summed E-state index contributed by atoms with van der Waals surface area (Å²) < 4.78 is 5.92. The number of pyridine rings is 1. The first-order valence-electron chi connectivity index (χ1n) is 11.6. The average Bonchev–Trinajstić information content (AvgIpc) is 2.75. The topological polar surface area (TPSA) is 48.9 Å². The molecule has 1 aromatic heterocycles. The zero-order valence-electron chi connectivity index (χ0n) is 18.4. The Hall–Kier alpha value is -2.44. The van der Waals surface area contributed by atoms with Crippen molar-refractivity contribution in [3.8, 4) is 11.6 Å². The number of ether oxygens (including phenoxy) is 1. The van der Waals surface area contributed by atoms with Crippen molar-refractivity contribution < 1.29 is 9.53 Å². The molecule has 31 heavy (non-hydrogen) atoms. The predicted octanol–water partition coefficient (Wildman–Crippen LogP) is 3.24. The fraction of sp³-hybridized carbons (Fsp3) is 0.520. The number of piperazine rings is 1. The van der Waals surface area contributed by atoms with Gasteiger partial charge in [0.1, 0.15) is 5.75 Å². The van der Waals surface area contributed by atoms with Crippen LogP contribution >= 0.6 is 0 Å². The first-order valence-corrected chi connectivity index (χ1v) is 11.6. The molecule has 1 aliphatic carbocycles. The van der Waals surface area contributed by atoms with Gasteiger partial charge in [0.05, 0.1) is 6.54 Å². The lowest BCUT2D eigenvalue weighted by molar-refractivity contribution is -0.135. The van der Waals surface area contributed by atoms with Crippen molar-refractivity contribution in [1.29, 1.82) is 0 Å². The van der Waals surface area contributed by atoms with Crippen molar-refractivity contribution in [2.75, 3.05) is 39.3 Å². The molecule has 2 aromatic rings. The first kappa shape index (κ1) is 20.5. The Labute approximate surface area is 184 Å². The van der Waals surface area contributed by atoms with E-state index in [9.17, 15) is 4.79 Å². The number of rotatable bonds is 5. The van der Waals surface area contributed by atoms with Gasteiger partial charge in [-0.1, -0.05) is 18.6 Å². The van der Waals surface area contributed by atoms with Crippen molar-refractivity contribution in [3.05, 3.63) is 53.2 Å². The largest absolute Gasteiger partial charge is 0.439 e. The minimum Gasteiger partial charge on any atom is -0.439 e. The highest BCUT2D eigenvalue weighted by atomic mass is 16.5. The van der Waals surface area contributed by atoms with Crippen LogP contribution in [-0.4, -0.2) is 70.9 Å². The van der Waals surface area contributed by atoms with E-state index in [0.717, 1.165) is 63.0 Å². The SMILES string of the molecule is Cc1ccc(Oc2ccc3c(c2)CCN(CC(=O)N2CCN(C4CCC4)CC2)C3)nc1. The smallest absolute Gasteiger partial charge is 0.236 e. The van der Waals surface area contributed by atoms with Crippen LogP contribution in [0, 0.1) is 6.92 Å². The Bertz CT molecular complexity index is 918. The van der Waals surface area contributed by atoms with E-state index in [1.165, 1.54) is 30.4 Å². The van der Waals surface area contributed by atoms with E-state index in [0.29, 0.717) is 12.4 Å². The molecule has 1 aromatic carbocycles. The van der Waals surface area contributed by atoms with Crippen LogP contribution in [0.1, 0.15) is 36.0 Å². The van der Waals surface area contributed by atoms with Crippen LogP contribution in [-0.2, 0) is 17.8 Å². The van der Waals surface area contributed by atoms with Gasteiger partial charge in [-0.05, 0) is 55.0 Å². The van der Waals surface area contributed by atoms with Crippen molar-refractivity contribution in [1.82, 2.24) is 19.7 Å². The highest BCUT2D eigenvalue weighted by Gasteiger charge is 2.30. The number of benzene rings is 1. The Kier molecular flexibility index (Phi) is 5.92. The summed E-state index contributed by atoms with van der Waals surface area (Å²) in [5.41, 5.74) is 3.72. The van der Waals surface area contributed by atoms with E-state index >= 15 is 0 Å². The second-order valence-corrected chi connectivity index (χ2v) is 9.17. The molecule has 3 aliphatic rings. The van der Waals surface area contributed by atoms with Crippen LogP contribution in [0.3, 0.4) is 0 Å². The Morgan fingerprint density at radius 3 is 2.61 bits per heavy atom. The van der Waals surface area contributed by atoms with E-state index in [1.807, 2.05) is 31.3 Å². The van der Waals surface area contributed by atoms with Crippen LogP contribution < -0.4 is 4.74 Å². The van der Waals surface area contributed by atoms with Gasteiger partial charge in [-0.25, -0.2) is 4.98 Å². The molecular weight excluding hydrogens is 388 g/mol. The molecule has 0 spiro atoms. The number of hydrogen-bond donors (Lipinski definition) is 0. The number of aryl methyl sites for hydroxylation is 1. The summed E-state index contributed by atoms with van der Waals surface area (Å²) in [6, 6.07) is 10.9. The maximum atomic E-state index is 12.9. The third-order valence-electron chi connectivity index (χ3n) is 6.99. The Balaban J connectivity index is 1.13. The highest BCUT2D eigenvalue weighted by Crippen LogP contribution is 2.27. The molecule has 1 saturated carbocycles. The number of aromatic nitrogens is 1. The number of amides is 1. The monoisotopic (exact) mass is 420 g/mol. The number of carbonyl (C=O) groups excluding carboxylic acids is 1. The fourth-order valence-corrected chi connectivity index (χ4v) is 4.80. The summed E-state index contributed by atoms with van der Waals surface area (Å²) in [4.78, 5) is 24.1. The average molecular weight is 421 g/mol. The van der Waals surface area contributed by atoms with Gasteiger partial charge in [-0.15, -0.1) is 0 Å². The molecule has 3 heterocycles. The summed E-state index contributed by atoms with van der Waals surface area (Å²) in [6.45, 7) is 8.12. The molecule has 0 N–H and O–H groups in total. The molecule has 1 amide bonds. The Morgan fingerprint density at radius 1 is 1.06 bits per heavy atom. The molecule has 5 rings (SSSR count). The van der Waals surface area contributed by atoms with E-state index < -0.39 is 0 Å². The normalized spacial score (nSPS) is 20.2. The van der Waals surface area contributed by atoms with Crippen LogP contribution in [0.2, 0.25) is 0 Å². The zero-order valence-corrected chi connectivity index (χ0v) is 18.4. The van der Waals surface area contributed by atoms with Crippen LogP contribution in [0.4, 0.5) is 0 Å². The molecular formula is C25H32N4O2. The van der Waals surface area contributed by atoms with Crippen LogP contribution in [0.15, 0.2) is 36.5 Å². The fourth-order valence-electron chi connectivity index (χ4n) is 4.80. The maximum Gasteiger partial charge on any atom is 0.236 e. The van der Waals surface area contributed by atoms with Gasteiger partial charge in [0, 0.05) is 57.6 Å². The summed E-state index contributed by atoms with van der Waals surface area (Å²) in [7, 11) is 0. The maximum absolute atomic E-state index is 12.9. The zero-order chi connectivity index (χ0) is 21.2. The van der Waals surface area contributed by atoms with E-state index in [4.69, 9.17) is 4.74 Å². The first-order chi connectivity index (χ1) is 15.1. The van der Waals surface area contributed by atoms with Crippen LogP contribution in [0.25, 0.3) is 0 Å². The van der Waals surface area contributed by atoms with E-state index in [-0.39, 0.29) is 5.91 Å². The molecule has 2 aliphatic heterocycles. The van der Waals surface area contributed by atoms with Gasteiger partial charge >= 0.3 is 0 Å². The van der Waals surface area contributed by atoms with Gasteiger partial charge in [-0.3, -0.25) is 14.6 Å². The lowest BCUT2D eigenvalue weighted by Crippen LogP contribution is -2.55. The minimum atomic E-state index is 0.280. The van der Waals surface area contributed by atoms with Crippen molar-refractivity contribution in [3.63, 3.8) is 0 Å². The molecule has 164 valence electrons. The van der Waals surface area contributed by atoms with Crippen molar-refractivity contribution >= 4 is 5.91 Å². The highest BCUT2D eigenvalue weighted by molar-refractivity contribution is 5.78. The summed E-state index contributed by atoms with van der Waals surface area (Å²) in [5.74, 6) is 1.72. The summed E-state index contributed by atoms with van der Waals surface area (Å²) >= 11 is 0. The molecule has 0 unspecified atom stereocenters. The lowest BCUT2D eigenvalue weighted by Gasteiger charge is -2.43. The molecule has 6 heteroatoms. The van der Waals surface area contributed by atoms with E-state index in [1.54, 1.807) is 0 Å². The summed E-state index contributed by atoms with van der Waals surface area (Å²) in [5, 5.41) is 0. The molecule has 2 fully saturated rings. The molecule has 0 radical (unpaired) electrons. The van der Waals surface area contributed by atoms with Gasteiger partial charge in [-0.2, -0.15) is 0 Å². The number of carbonyl (C=O) groups is 1. The summed E-state index contributed by atoms with van der Waals surface area (Å²) in [6.07, 6.45) is 6.81. The van der Waals surface area contributed by atoms with Gasteiger partial charge in [0.15, 0.2) is 0 Å². The van der Waals surface area contributed by atoms with E-state index in [2.05, 4.69) is 31.8 Å². The van der Waals surface area contributed by atoms with Crippen LogP contribution in [0.5, 0.6) is 11.6 Å². The Morgan fingerprint density at radius 2 is 1.90 bits per heavy atom. The lowest BCUT2D eigenvalue weighted by atomic mass is 9.91. The number of nitrogens with zero attached hydrogens (tertiary/aromatic N) is 4. The third kappa shape index (κ3) is 4.75. The number of fused-ring (bicyclic) bond motifs is 1. The van der Waals surface area contributed by atoms with Crippen molar-refractivity contribution in [2.24, 2.45) is 0 Å². The molecule has 0 bridgehead atoms. The molecule has 0 atom stereocenters. The molecule has 6 nitrogen and oxygen atoms in total. The second-order valence-electron chi connectivity index (χ2n) is 9.17. The minimum absolute atomic E-state index is 0.280. The van der Waals surface area contributed by atoms with Gasteiger partial charge in [0.25, 0.3) is 0 Å². The number of hydrogen-bond acceptors (Lipinski definition) is 5. The second kappa shape index (κ2) is 8.97. The quantitative estimate of drug-likeness (QED) is 0.743. The van der Waals surface area contributed by atoms with Gasteiger partial charge in [0.2, 0.25) is 11.8 Å². The van der Waals surface area contributed by atoms with Crippen molar-refractivity contribution in [2.45, 2.75) is 45.2 Å².